The van der Waals surface area contributed by atoms with E-state index in [-0.39, 0.29) is 11.0 Å². The lowest BCUT2D eigenvalue weighted by molar-refractivity contribution is -0.140. The van der Waals surface area contributed by atoms with Crippen molar-refractivity contribution < 1.29 is 9.90 Å². The Labute approximate surface area is 164 Å². The zero-order valence-electron chi connectivity index (χ0n) is 16.1. The Morgan fingerprint density at radius 2 is 1.96 bits per heavy atom. The summed E-state index contributed by atoms with van der Waals surface area (Å²) < 4.78 is 1.41. The van der Waals surface area contributed by atoms with Gasteiger partial charge < -0.3 is 10.4 Å². The number of hydrogen-bond donors (Lipinski definition) is 2. The van der Waals surface area contributed by atoms with E-state index >= 15 is 0 Å². The molecule has 0 amide bonds. The summed E-state index contributed by atoms with van der Waals surface area (Å²) in [6.45, 7) is 0.790. The van der Waals surface area contributed by atoms with Gasteiger partial charge in [0.2, 0.25) is 0 Å². The first-order valence-corrected chi connectivity index (χ1v) is 10.2. The quantitative estimate of drug-likeness (QED) is 0.801. The van der Waals surface area contributed by atoms with E-state index in [1.807, 2.05) is 6.07 Å². The molecule has 0 spiro atoms. The normalized spacial score (nSPS) is 20.5. The number of carbonyl (C=O) groups is 1. The van der Waals surface area contributed by atoms with Crippen molar-refractivity contribution in [3.8, 4) is 0 Å². The van der Waals surface area contributed by atoms with Gasteiger partial charge >= 0.3 is 5.97 Å². The first-order chi connectivity index (χ1) is 13.6. The summed E-state index contributed by atoms with van der Waals surface area (Å²) in [5, 5.41) is 12.9. The van der Waals surface area contributed by atoms with Crippen LogP contribution < -0.4 is 10.9 Å². The van der Waals surface area contributed by atoms with E-state index in [9.17, 15) is 14.7 Å². The van der Waals surface area contributed by atoms with Gasteiger partial charge in [0, 0.05) is 6.54 Å². The molecule has 2 heterocycles. The van der Waals surface area contributed by atoms with Crippen LogP contribution in [0.5, 0.6) is 0 Å². The van der Waals surface area contributed by atoms with Crippen LogP contribution in [0.15, 0.2) is 41.3 Å². The predicted octanol–water partition coefficient (Wildman–Crippen LogP) is 3.42. The molecule has 1 fully saturated rings. The molecule has 148 valence electrons. The molecule has 1 aromatic carbocycles. The smallest absolute Gasteiger partial charge is 0.326 e. The van der Waals surface area contributed by atoms with E-state index in [4.69, 9.17) is 0 Å². The maximum Gasteiger partial charge on any atom is 0.326 e. The zero-order valence-corrected chi connectivity index (χ0v) is 16.1. The predicted molar refractivity (Wildman–Crippen MR) is 108 cm³/mol. The van der Waals surface area contributed by atoms with Crippen LogP contribution in [0, 0.1) is 5.41 Å². The van der Waals surface area contributed by atoms with E-state index in [1.54, 1.807) is 0 Å². The van der Waals surface area contributed by atoms with Gasteiger partial charge in [0.25, 0.3) is 5.56 Å². The number of carboxylic acid groups (broad SMARTS) is 1. The summed E-state index contributed by atoms with van der Waals surface area (Å²) in [4.78, 5) is 28.0. The van der Waals surface area contributed by atoms with Crippen molar-refractivity contribution in [2.75, 3.05) is 11.9 Å². The van der Waals surface area contributed by atoms with Crippen LogP contribution >= 0.6 is 0 Å². The van der Waals surface area contributed by atoms with Gasteiger partial charge in [-0.3, -0.25) is 9.36 Å². The van der Waals surface area contributed by atoms with Crippen molar-refractivity contribution in [2.45, 2.75) is 57.4 Å². The maximum atomic E-state index is 12.2. The fraction of sp³-hybridized carbons (Fsp3) is 0.500. The van der Waals surface area contributed by atoms with Crippen LogP contribution in [-0.4, -0.2) is 27.2 Å². The third-order valence-electron chi connectivity index (χ3n) is 6.32. The first-order valence-electron chi connectivity index (χ1n) is 10.2. The lowest BCUT2D eigenvalue weighted by Gasteiger charge is -2.38. The van der Waals surface area contributed by atoms with Crippen molar-refractivity contribution >= 4 is 11.8 Å². The van der Waals surface area contributed by atoms with Gasteiger partial charge in [-0.25, -0.2) is 9.78 Å². The molecule has 6 nitrogen and oxygen atoms in total. The van der Waals surface area contributed by atoms with Gasteiger partial charge in [0.15, 0.2) is 0 Å². The van der Waals surface area contributed by atoms with Crippen LogP contribution in [-0.2, 0) is 17.6 Å². The van der Waals surface area contributed by atoms with Crippen LogP contribution in [0.3, 0.4) is 0 Å². The summed E-state index contributed by atoms with van der Waals surface area (Å²) in [5.41, 5.74) is 1.91. The molecular weight excluding hydrogens is 354 g/mol. The molecule has 1 saturated carbocycles. The summed E-state index contributed by atoms with van der Waals surface area (Å²) in [5.74, 6) is -0.285. The monoisotopic (exact) mass is 381 g/mol. The molecule has 1 unspecified atom stereocenters. The zero-order chi connectivity index (χ0) is 19.6. The molecule has 6 heteroatoms. The van der Waals surface area contributed by atoms with Crippen LogP contribution in [0.1, 0.15) is 55.8 Å². The van der Waals surface area contributed by atoms with Crippen LogP contribution in [0.25, 0.3) is 0 Å². The van der Waals surface area contributed by atoms with Gasteiger partial charge in [-0.2, -0.15) is 0 Å². The molecule has 1 aliphatic heterocycles. The largest absolute Gasteiger partial charge is 0.480 e. The first kappa shape index (κ1) is 18.7. The van der Waals surface area contributed by atoms with Crippen molar-refractivity contribution in [1.82, 2.24) is 9.55 Å². The highest BCUT2D eigenvalue weighted by molar-refractivity contribution is 5.73. The minimum Gasteiger partial charge on any atom is -0.480 e. The number of nitrogens with one attached hydrogen (secondary N) is 1. The molecule has 1 aliphatic carbocycles. The summed E-state index contributed by atoms with van der Waals surface area (Å²) >= 11 is 0. The molecule has 28 heavy (non-hydrogen) atoms. The number of rotatable bonds is 6. The molecule has 2 N–H and O–H groups in total. The van der Waals surface area contributed by atoms with Gasteiger partial charge in [0.1, 0.15) is 11.9 Å². The molecule has 1 atom stereocenters. The number of carboxylic acids is 1. The minimum atomic E-state index is -0.953. The number of benzene rings is 1. The summed E-state index contributed by atoms with van der Waals surface area (Å²) in [6.07, 6.45) is 9.36. The highest BCUT2D eigenvalue weighted by Crippen LogP contribution is 2.40. The highest BCUT2D eigenvalue weighted by Gasteiger charge is 2.34. The van der Waals surface area contributed by atoms with Gasteiger partial charge in [-0.1, -0.05) is 49.6 Å². The number of aliphatic carboxylic acids is 1. The minimum absolute atomic E-state index is 0.166. The summed E-state index contributed by atoms with van der Waals surface area (Å²) in [7, 11) is 0. The average molecular weight is 381 g/mol. The Morgan fingerprint density at radius 3 is 2.68 bits per heavy atom. The molecule has 4 rings (SSSR count). The van der Waals surface area contributed by atoms with Crippen molar-refractivity contribution in [3.05, 3.63) is 58.1 Å². The molecule has 0 radical (unpaired) electrons. The second kappa shape index (κ2) is 7.78. The second-order valence-electron chi connectivity index (χ2n) is 8.23. The fourth-order valence-electron chi connectivity index (χ4n) is 4.89. The van der Waals surface area contributed by atoms with E-state index in [2.05, 4.69) is 34.6 Å². The van der Waals surface area contributed by atoms with E-state index in [0.29, 0.717) is 18.7 Å². The van der Waals surface area contributed by atoms with Crippen molar-refractivity contribution in [3.63, 3.8) is 0 Å². The Morgan fingerprint density at radius 1 is 1.21 bits per heavy atom. The second-order valence-corrected chi connectivity index (χ2v) is 8.23. The Kier molecular flexibility index (Phi) is 5.20. The SMILES string of the molecule is O=C(O)C1CCc2c(NCC3(Cc4ccccc4)CCCCC3)ncc(=O)n21. The molecule has 2 aliphatic rings. The number of anilines is 1. The molecular formula is C22H27N3O3. The fourth-order valence-corrected chi connectivity index (χ4v) is 4.89. The van der Waals surface area contributed by atoms with E-state index in [1.165, 1.54) is 48.4 Å². The van der Waals surface area contributed by atoms with Crippen LogP contribution in [0.2, 0.25) is 0 Å². The lowest BCUT2D eigenvalue weighted by atomic mass is 9.70. The maximum absolute atomic E-state index is 12.2. The molecule has 0 saturated heterocycles. The highest BCUT2D eigenvalue weighted by atomic mass is 16.4. The number of nitrogens with zero attached hydrogens (tertiary/aromatic N) is 2. The van der Waals surface area contributed by atoms with Crippen LogP contribution in [0.4, 0.5) is 5.82 Å². The van der Waals surface area contributed by atoms with E-state index < -0.39 is 12.0 Å². The molecule has 1 aromatic heterocycles. The number of fused-ring (bicyclic) bond motifs is 1. The van der Waals surface area contributed by atoms with Crippen molar-refractivity contribution in [2.24, 2.45) is 5.41 Å². The van der Waals surface area contributed by atoms with Gasteiger partial charge in [-0.05, 0) is 43.1 Å². The Hall–Kier alpha value is -2.63. The number of hydrogen-bond acceptors (Lipinski definition) is 4. The molecule has 2 aromatic rings. The Balaban J connectivity index is 1.57. The third-order valence-corrected chi connectivity index (χ3v) is 6.32. The standard InChI is InChI=1S/C22H27N3O3/c26-19-14-23-20(17-9-10-18(21(27)28)25(17)19)24-15-22(11-5-2-6-12-22)13-16-7-3-1-4-8-16/h1,3-4,7-8,14,18,24H,2,5-6,9-13,15H2,(H,27,28). The third kappa shape index (κ3) is 3.68. The van der Waals surface area contributed by atoms with Crippen molar-refractivity contribution in [1.29, 1.82) is 0 Å². The van der Waals surface area contributed by atoms with Gasteiger partial charge in [-0.15, -0.1) is 0 Å². The molecule has 0 bridgehead atoms. The van der Waals surface area contributed by atoms with Gasteiger partial charge in [0.05, 0.1) is 11.9 Å². The lowest BCUT2D eigenvalue weighted by Crippen LogP contribution is -2.35. The Bertz CT molecular complexity index is 901. The van der Waals surface area contributed by atoms with E-state index in [0.717, 1.165) is 18.7 Å². The number of aromatic nitrogens is 2. The topological polar surface area (TPSA) is 84.2 Å². The summed E-state index contributed by atoms with van der Waals surface area (Å²) in [6, 6.07) is 9.81. The average Bonchev–Trinajstić information content (AvgIpc) is 3.16.